The van der Waals surface area contributed by atoms with Crippen molar-refractivity contribution >= 4 is 10.0 Å². The minimum atomic E-state index is -3.88. The Morgan fingerprint density at radius 2 is 1.95 bits per heavy atom. The van der Waals surface area contributed by atoms with Crippen molar-refractivity contribution in [3.8, 4) is 0 Å². The Morgan fingerprint density at radius 1 is 1.23 bits per heavy atom. The molecule has 2 aliphatic rings. The molecule has 1 heterocycles. The molecule has 0 unspecified atom stereocenters. The van der Waals surface area contributed by atoms with E-state index in [1.807, 2.05) is 0 Å². The minimum Gasteiger partial charge on any atom is -0.347 e. The Morgan fingerprint density at radius 3 is 2.68 bits per heavy atom. The molecule has 0 aromatic heterocycles. The molecular formula is C15H20FNO4S. The van der Waals surface area contributed by atoms with Crippen molar-refractivity contribution < 1.29 is 22.3 Å². The first-order chi connectivity index (χ1) is 10.5. The van der Waals surface area contributed by atoms with Crippen LogP contribution in [0.1, 0.15) is 32.1 Å². The summed E-state index contributed by atoms with van der Waals surface area (Å²) in [6.07, 6.45) is 4.67. The summed E-state index contributed by atoms with van der Waals surface area (Å²) >= 11 is 0. The molecule has 1 saturated carbocycles. The van der Waals surface area contributed by atoms with Crippen LogP contribution < -0.4 is 4.72 Å². The number of hydrogen-bond acceptors (Lipinski definition) is 4. The van der Waals surface area contributed by atoms with Crippen LogP contribution in [0.15, 0.2) is 29.2 Å². The van der Waals surface area contributed by atoms with Gasteiger partial charge in [-0.2, -0.15) is 0 Å². The second-order valence-corrected chi connectivity index (χ2v) is 7.54. The molecule has 122 valence electrons. The van der Waals surface area contributed by atoms with Crippen LogP contribution in [-0.4, -0.2) is 33.5 Å². The van der Waals surface area contributed by atoms with Gasteiger partial charge >= 0.3 is 0 Å². The summed E-state index contributed by atoms with van der Waals surface area (Å²) in [7, 11) is -3.88. The zero-order valence-corrected chi connectivity index (χ0v) is 13.1. The molecule has 0 radical (unpaired) electrons. The van der Waals surface area contributed by atoms with E-state index in [9.17, 15) is 12.8 Å². The van der Waals surface area contributed by atoms with Crippen LogP contribution in [-0.2, 0) is 19.5 Å². The molecule has 0 bridgehead atoms. The third kappa shape index (κ3) is 3.32. The normalized spacial score (nSPS) is 24.7. The fourth-order valence-electron chi connectivity index (χ4n) is 3.01. The van der Waals surface area contributed by atoms with E-state index in [0.717, 1.165) is 31.7 Å². The van der Waals surface area contributed by atoms with Gasteiger partial charge in [0.2, 0.25) is 10.0 Å². The summed E-state index contributed by atoms with van der Waals surface area (Å²) in [5.74, 6) is -1.30. The van der Waals surface area contributed by atoms with Crippen molar-refractivity contribution in [3.63, 3.8) is 0 Å². The molecule has 1 saturated heterocycles. The first kappa shape index (κ1) is 15.9. The van der Waals surface area contributed by atoms with Crippen molar-refractivity contribution in [1.82, 2.24) is 4.72 Å². The zero-order chi connectivity index (χ0) is 15.6. The fourth-order valence-corrected chi connectivity index (χ4v) is 4.16. The summed E-state index contributed by atoms with van der Waals surface area (Å²) in [5.41, 5.74) is 0. The maximum atomic E-state index is 13.6. The molecule has 2 fully saturated rings. The summed E-state index contributed by atoms with van der Waals surface area (Å²) in [4.78, 5) is -0.346. The Kier molecular flexibility index (Phi) is 4.49. The maximum Gasteiger partial charge on any atom is 0.243 e. The van der Waals surface area contributed by atoms with E-state index >= 15 is 0 Å². The van der Waals surface area contributed by atoms with Gasteiger partial charge in [0.15, 0.2) is 5.79 Å². The Balaban J connectivity index is 1.60. The van der Waals surface area contributed by atoms with E-state index in [4.69, 9.17) is 9.47 Å². The molecule has 1 aliphatic heterocycles. The van der Waals surface area contributed by atoms with E-state index in [0.29, 0.717) is 6.61 Å². The predicted molar refractivity (Wildman–Crippen MR) is 78.2 cm³/mol. The summed E-state index contributed by atoms with van der Waals surface area (Å²) < 4.78 is 51.9. The Hall–Kier alpha value is -1.02. The van der Waals surface area contributed by atoms with Crippen LogP contribution in [0.5, 0.6) is 0 Å². The van der Waals surface area contributed by atoms with Crippen molar-refractivity contribution in [2.45, 2.75) is 48.9 Å². The van der Waals surface area contributed by atoms with Gasteiger partial charge in [0, 0.05) is 19.4 Å². The van der Waals surface area contributed by atoms with Gasteiger partial charge in [-0.15, -0.1) is 0 Å². The first-order valence-corrected chi connectivity index (χ1v) is 9.05. The molecule has 7 heteroatoms. The SMILES string of the molecule is O=S(=O)(NC[C@H]1COC2(CCCCC2)O1)c1ccccc1F. The molecule has 5 nitrogen and oxygen atoms in total. The Labute approximate surface area is 129 Å². The first-order valence-electron chi connectivity index (χ1n) is 7.57. The van der Waals surface area contributed by atoms with Gasteiger partial charge in [0.05, 0.1) is 12.7 Å². The molecule has 1 atom stereocenters. The van der Waals surface area contributed by atoms with Gasteiger partial charge < -0.3 is 9.47 Å². The minimum absolute atomic E-state index is 0.0818. The lowest BCUT2D eigenvalue weighted by Gasteiger charge is -2.31. The van der Waals surface area contributed by atoms with E-state index in [1.54, 1.807) is 0 Å². The molecule has 22 heavy (non-hydrogen) atoms. The second-order valence-electron chi connectivity index (χ2n) is 5.80. The topological polar surface area (TPSA) is 64.6 Å². The summed E-state index contributed by atoms with van der Waals surface area (Å²) in [5, 5.41) is 0. The number of ether oxygens (including phenoxy) is 2. The van der Waals surface area contributed by atoms with Crippen molar-refractivity contribution in [1.29, 1.82) is 0 Å². The quantitative estimate of drug-likeness (QED) is 0.919. The lowest BCUT2D eigenvalue weighted by molar-refractivity contribution is -0.186. The van der Waals surface area contributed by atoms with Crippen LogP contribution in [0.3, 0.4) is 0 Å². The number of benzene rings is 1. The standard InChI is InChI=1S/C15H20FNO4S/c16-13-6-2-3-7-14(13)22(18,19)17-10-12-11-20-15(21-12)8-4-1-5-9-15/h2-3,6-7,12,17H,1,4-5,8-11H2/t12-/m0/s1. The molecule has 1 N–H and O–H groups in total. The van der Waals surface area contributed by atoms with Crippen molar-refractivity contribution in [2.24, 2.45) is 0 Å². The second kappa shape index (κ2) is 6.23. The van der Waals surface area contributed by atoms with Crippen LogP contribution in [0, 0.1) is 5.82 Å². The highest BCUT2D eigenvalue weighted by atomic mass is 32.2. The fraction of sp³-hybridized carbons (Fsp3) is 0.600. The average molecular weight is 329 g/mol. The van der Waals surface area contributed by atoms with Gasteiger partial charge in [-0.3, -0.25) is 0 Å². The maximum absolute atomic E-state index is 13.6. The highest BCUT2D eigenvalue weighted by Crippen LogP contribution is 2.37. The van der Waals surface area contributed by atoms with Crippen LogP contribution >= 0.6 is 0 Å². The van der Waals surface area contributed by atoms with E-state index < -0.39 is 21.6 Å². The largest absolute Gasteiger partial charge is 0.347 e. The summed E-state index contributed by atoms with van der Waals surface area (Å²) in [6.45, 7) is 0.443. The lowest BCUT2D eigenvalue weighted by Crippen LogP contribution is -2.37. The molecular weight excluding hydrogens is 309 g/mol. The third-order valence-corrected chi connectivity index (χ3v) is 5.61. The van der Waals surface area contributed by atoms with Gasteiger partial charge in [-0.05, 0) is 25.0 Å². The molecule has 1 aromatic carbocycles. The number of sulfonamides is 1. The number of halogens is 1. The van der Waals surface area contributed by atoms with E-state index in [2.05, 4.69) is 4.72 Å². The highest BCUT2D eigenvalue weighted by Gasteiger charge is 2.42. The molecule has 3 rings (SSSR count). The van der Waals surface area contributed by atoms with Crippen LogP contribution in [0.4, 0.5) is 4.39 Å². The molecule has 0 amide bonds. The average Bonchev–Trinajstić information content (AvgIpc) is 2.89. The van der Waals surface area contributed by atoms with Crippen molar-refractivity contribution in [3.05, 3.63) is 30.1 Å². The van der Waals surface area contributed by atoms with Gasteiger partial charge in [-0.25, -0.2) is 17.5 Å². The molecule has 1 aromatic rings. The highest BCUT2D eigenvalue weighted by molar-refractivity contribution is 7.89. The lowest BCUT2D eigenvalue weighted by atomic mass is 9.94. The zero-order valence-electron chi connectivity index (χ0n) is 12.3. The number of nitrogens with one attached hydrogen (secondary N) is 1. The number of hydrogen-bond donors (Lipinski definition) is 1. The van der Waals surface area contributed by atoms with Crippen molar-refractivity contribution in [2.75, 3.05) is 13.2 Å². The monoisotopic (exact) mass is 329 g/mol. The van der Waals surface area contributed by atoms with Crippen LogP contribution in [0.2, 0.25) is 0 Å². The Bertz CT molecular complexity index is 628. The third-order valence-electron chi connectivity index (χ3n) is 4.16. The molecule has 1 spiro atoms. The smallest absolute Gasteiger partial charge is 0.243 e. The predicted octanol–water partition coefficient (Wildman–Crippen LogP) is 2.18. The van der Waals surface area contributed by atoms with Gasteiger partial charge in [0.1, 0.15) is 10.7 Å². The van der Waals surface area contributed by atoms with Gasteiger partial charge in [-0.1, -0.05) is 18.6 Å². The van der Waals surface area contributed by atoms with Gasteiger partial charge in [0.25, 0.3) is 0 Å². The van der Waals surface area contributed by atoms with E-state index in [-0.39, 0.29) is 17.5 Å². The molecule has 1 aliphatic carbocycles. The summed E-state index contributed by atoms with van der Waals surface area (Å²) in [6, 6.07) is 5.31. The van der Waals surface area contributed by atoms with E-state index in [1.165, 1.54) is 24.6 Å². The van der Waals surface area contributed by atoms with Crippen LogP contribution in [0.25, 0.3) is 0 Å². The number of rotatable bonds is 4.